The fraction of sp³-hybridized carbons (Fsp3) is 0.308. The van der Waals surface area contributed by atoms with Crippen LogP contribution in [0, 0.1) is 17.2 Å². The lowest BCUT2D eigenvalue weighted by atomic mass is 9.79. The third-order valence-corrected chi connectivity index (χ3v) is 5.87. The first-order valence-electron chi connectivity index (χ1n) is 10.7. The number of anilines is 1. The lowest BCUT2D eigenvalue weighted by Gasteiger charge is -2.27. The van der Waals surface area contributed by atoms with Crippen molar-refractivity contribution in [3.8, 4) is 22.9 Å². The van der Waals surface area contributed by atoms with Gasteiger partial charge in [-0.25, -0.2) is 4.98 Å². The normalized spacial score (nSPS) is 15.3. The molecule has 1 heterocycles. The molecule has 1 unspecified atom stereocenters. The number of nitrogens with two attached hydrogens (primary N) is 1. The Morgan fingerprint density at radius 1 is 1.17 bits per heavy atom. The van der Waals surface area contributed by atoms with Gasteiger partial charge in [-0.2, -0.15) is 5.26 Å². The van der Waals surface area contributed by atoms with E-state index in [0.717, 1.165) is 47.4 Å². The van der Waals surface area contributed by atoms with Crippen LogP contribution in [-0.2, 0) is 19.4 Å². The number of nitriles is 1. The van der Waals surface area contributed by atoms with Crippen molar-refractivity contribution in [3.63, 3.8) is 0 Å². The van der Waals surface area contributed by atoms with Gasteiger partial charge in [0, 0.05) is 11.3 Å². The second kappa shape index (κ2) is 9.00. The third kappa shape index (κ3) is 4.16. The van der Waals surface area contributed by atoms with E-state index in [1.54, 1.807) is 0 Å². The first-order valence-corrected chi connectivity index (χ1v) is 10.7. The highest BCUT2D eigenvalue weighted by molar-refractivity contribution is 5.80. The maximum absolute atomic E-state index is 9.85. The summed E-state index contributed by atoms with van der Waals surface area (Å²) in [7, 11) is 0. The molecule has 2 N–H and O–H groups in total. The van der Waals surface area contributed by atoms with Crippen LogP contribution in [0.25, 0.3) is 11.1 Å². The molecule has 4 rings (SSSR count). The van der Waals surface area contributed by atoms with E-state index in [-0.39, 0.29) is 0 Å². The van der Waals surface area contributed by atoms with Crippen molar-refractivity contribution in [2.45, 2.75) is 45.6 Å². The quantitative estimate of drug-likeness (QED) is 0.580. The van der Waals surface area contributed by atoms with Gasteiger partial charge in [0.15, 0.2) is 0 Å². The van der Waals surface area contributed by atoms with Gasteiger partial charge in [-0.15, -0.1) is 0 Å². The smallest absolute Gasteiger partial charge is 0.142 e. The number of hydrogen-bond donors (Lipinski definition) is 1. The molecule has 152 valence electrons. The van der Waals surface area contributed by atoms with E-state index < -0.39 is 0 Å². The zero-order valence-electron chi connectivity index (χ0n) is 17.4. The van der Waals surface area contributed by atoms with Gasteiger partial charge < -0.3 is 10.5 Å². The summed E-state index contributed by atoms with van der Waals surface area (Å²) in [5.41, 5.74) is 11.9. The number of hydrogen-bond acceptors (Lipinski definition) is 4. The van der Waals surface area contributed by atoms with Gasteiger partial charge in [0.1, 0.15) is 29.8 Å². The SMILES string of the molecule is CCCC1CCc2nc(N)c(C#N)c(-c3cccc(OCc4ccccc4)c3)c2C1. The van der Waals surface area contributed by atoms with Crippen LogP contribution in [0.3, 0.4) is 0 Å². The van der Waals surface area contributed by atoms with Crippen molar-refractivity contribution in [1.29, 1.82) is 5.26 Å². The highest BCUT2D eigenvalue weighted by Crippen LogP contribution is 2.39. The summed E-state index contributed by atoms with van der Waals surface area (Å²) in [5, 5.41) is 9.85. The Bertz CT molecular complexity index is 1070. The molecule has 1 atom stereocenters. The van der Waals surface area contributed by atoms with Crippen LogP contribution in [0.5, 0.6) is 5.75 Å². The van der Waals surface area contributed by atoms with Crippen LogP contribution in [0.15, 0.2) is 54.6 Å². The van der Waals surface area contributed by atoms with Gasteiger partial charge in [0.05, 0.1) is 0 Å². The molecule has 1 aromatic heterocycles. The van der Waals surface area contributed by atoms with Crippen LogP contribution in [-0.4, -0.2) is 4.98 Å². The Balaban J connectivity index is 1.71. The Labute approximate surface area is 178 Å². The second-order valence-electron chi connectivity index (χ2n) is 7.98. The Kier molecular flexibility index (Phi) is 5.99. The van der Waals surface area contributed by atoms with Gasteiger partial charge in [-0.1, -0.05) is 62.2 Å². The number of aromatic nitrogens is 1. The van der Waals surface area contributed by atoms with Gasteiger partial charge in [0.2, 0.25) is 0 Å². The number of nitrogens with zero attached hydrogens (tertiary/aromatic N) is 2. The molecule has 0 radical (unpaired) electrons. The van der Waals surface area contributed by atoms with Gasteiger partial charge in [-0.3, -0.25) is 0 Å². The van der Waals surface area contributed by atoms with Gasteiger partial charge in [-0.05, 0) is 54.0 Å². The maximum Gasteiger partial charge on any atom is 0.142 e. The summed E-state index contributed by atoms with van der Waals surface area (Å²) in [6.07, 6.45) is 5.39. The molecule has 4 nitrogen and oxygen atoms in total. The van der Waals surface area contributed by atoms with E-state index >= 15 is 0 Å². The van der Waals surface area contributed by atoms with Crippen molar-refractivity contribution in [1.82, 2.24) is 4.98 Å². The fourth-order valence-corrected chi connectivity index (χ4v) is 4.42. The zero-order chi connectivity index (χ0) is 20.9. The summed E-state index contributed by atoms with van der Waals surface area (Å²) in [6.45, 7) is 2.73. The fourth-order valence-electron chi connectivity index (χ4n) is 4.42. The van der Waals surface area contributed by atoms with Crippen molar-refractivity contribution < 1.29 is 4.74 Å². The van der Waals surface area contributed by atoms with Crippen molar-refractivity contribution in [2.75, 3.05) is 5.73 Å². The van der Waals surface area contributed by atoms with Crippen LogP contribution in [0.1, 0.15) is 48.6 Å². The van der Waals surface area contributed by atoms with E-state index in [9.17, 15) is 5.26 Å². The Morgan fingerprint density at radius 2 is 2.00 bits per heavy atom. The molecule has 0 saturated carbocycles. The molecule has 0 amide bonds. The molecule has 1 aliphatic rings. The number of aryl methyl sites for hydroxylation is 1. The Morgan fingerprint density at radius 3 is 2.77 bits per heavy atom. The maximum atomic E-state index is 9.85. The summed E-state index contributed by atoms with van der Waals surface area (Å²) >= 11 is 0. The summed E-state index contributed by atoms with van der Waals surface area (Å²) in [5.74, 6) is 1.75. The van der Waals surface area contributed by atoms with Crippen molar-refractivity contribution >= 4 is 5.82 Å². The molecule has 0 fully saturated rings. The average Bonchev–Trinajstić information content (AvgIpc) is 2.78. The van der Waals surface area contributed by atoms with Crippen LogP contribution < -0.4 is 10.5 Å². The van der Waals surface area contributed by atoms with Gasteiger partial charge in [0.25, 0.3) is 0 Å². The molecule has 0 aliphatic heterocycles. The molecule has 4 heteroatoms. The molecule has 3 aromatic rings. The predicted octanol–water partition coefficient (Wildman–Crippen LogP) is 5.69. The lowest BCUT2D eigenvalue weighted by molar-refractivity contribution is 0.306. The largest absolute Gasteiger partial charge is 0.489 e. The number of rotatable bonds is 6. The van der Waals surface area contributed by atoms with E-state index in [1.807, 2.05) is 54.6 Å². The summed E-state index contributed by atoms with van der Waals surface area (Å²) < 4.78 is 6.03. The number of ether oxygens (including phenoxy) is 1. The molecule has 0 bridgehead atoms. The molecule has 2 aromatic carbocycles. The molecule has 30 heavy (non-hydrogen) atoms. The Hall–Kier alpha value is -3.32. The molecule has 0 spiro atoms. The van der Waals surface area contributed by atoms with Crippen molar-refractivity contribution in [2.24, 2.45) is 5.92 Å². The number of pyridine rings is 1. The lowest BCUT2D eigenvalue weighted by Crippen LogP contribution is -2.18. The molecule has 0 saturated heterocycles. The van der Waals surface area contributed by atoms with Crippen LogP contribution in [0.4, 0.5) is 5.82 Å². The van der Waals surface area contributed by atoms with E-state index in [0.29, 0.717) is 23.9 Å². The first-order chi connectivity index (χ1) is 14.7. The minimum absolute atomic E-state index is 0.329. The standard InChI is InChI=1S/C26H27N3O/c1-2-7-18-12-13-24-22(14-18)25(23(16-27)26(28)29-24)20-10-6-11-21(15-20)30-17-19-8-4-3-5-9-19/h3-6,8-11,15,18H,2,7,12-14,17H2,1H3,(H2,28,29). The zero-order valence-corrected chi connectivity index (χ0v) is 17.4. The predicted molar refractivity (Wildman–Crippen MR) is 120 cm³/mol. The number of benzene rings is 2. The van der Waals surface area contributed by atoms with Gasteiger partial charge >= 0.3 is 0 Å². The first kappa shape index (κ1) is 20.0. The van der Waals surface area contributed by atoms with E-state index in [1.165, 1.54) is 18.4 Å². The third-order valence-electron chi connectivity index (χ3n) is 5.87. The van der Waals surface area contributed by atoms with E-state index in [2.05, 4.69) is 18.0 Å². The number of fused-ring (bicyclic) bond motifs is 1. The molecular formula is C26H27N3O. The van der Waals surface area contributed by atoms with Crippen LogP contribution >= 0.6 is 0 Å². The van der Waals surface area contributed by atoms with E-state index in [4.69, 9.17) is 10.5 Å². The van der Waals surface area contributed by atoms with Crippen molar-refractivity contribution in [3.05, 3.63) is 77.0 Å². The minimum Gasteiger partial charge on any atom is -0.489 e. The monoisotopic (exact) mass is 397 g/mol. The summed E-state index contributed by atoms with van der Waals surface area (Å²) in [4.78, 5) is 4.59. The highest BCUT2D eigenvalue weighted by Gasteiger charge is 2.26. The molecular weight excluding hydrogens is 370 g/mol. The second-order valence-corrected chi connectivity index (χ2v) is 7.98. The van der Waals surface area contributed by atoms with Crippen LogP contribution in [0.2, 0.25) is 0 Å². The minimum atomic E-state index is 0.329. The number of nitrogen functional groups attached to an aromatic ring is 1. The molecule has 1 aliphatic carbocycles. The average molecular weight is 398 g/mol. The highest BCUT2D eigenvalue weighted by atomic mass is 16.5. The topological polar surface area (TPSA) is 71.9 Å². The summed E-state index contributed by atoms with van der Waals surface area (Å²) in [6, 6.07) is 20.4.